The summed E-state index contributed by atoms with van der Waals surface area (Å²) in [5, 5.41) is 5.06. The summed E-state index contributed by atoms with van der Waals surface area (Å²) < 4.78 is 58.1. The number of hydrogen-bond donors (Lipinski definition) is 1. The number of amides is 1. The van der Waals surface area contributed by atoms with Gasteiger partial charge in [0.15, 0.2) is 0 Å². The highest BCUT2D eigenvalue weighted by Gasteiger charge is 2.31. The van der Waals surface area contributed by atoms with Gasteiger partial charge in [0, 0.05) is 18.2 Å². The quantitative estimate of drug-likeness (QED) is 0.243. The third kappa shape index (κ3) is 5.58. The largest absolute Gasteiger partial charge is 0.496 e. The predicted octanol–water partition coefficient (Wildman–Crippen LogP) is 7.13. The van der Waals surface area contributed by atoms with Crippen LogP contribution >= 0.6 is 22.9 Å². The van der Waals surface area contributed by atoms with Gasteiger partial charge in [-0.2, -0.15) is 0 Å². The Labute approximate surface area is 240 Å². The Kier molecular flexibility index (Phi) is 8.15. The molecule has 11 heteroatoms. The summed E-state index contributed by atoms with van der Waals surface area (Å²) in [6.45, 7) is 0.186. The maximum absolute atomic E-state index is 14.6. The first-order chi connectivity index (χ1) is 19.1. The molecule has 4 aromatic rings. The maximum Gasteiger partial charge on any atom is 0.266 e. The number of carbonyl (C=O) groups is 1. The Morgan fingerprint density at radius 1 is 1.02 bits per heavy atom. The zero-order valence-electron chi connectivity index (χ0n) is 21.6. The Hall–Kier alpha value is -3.05. The summed E-state index contributed by atoms with van der Waals surface area (Å²) in [5.74, 6) is -1.13. The Balaban J connectivity index is 1.55. The molecule has 2 N–H and O–H groups in total. The fourth-order valence-corrected chi connectivity index (χ4v) is 7.25. The SMILES string of the molecule is COc1ccc(-c2ccc(S(N)(=O)=O)cc2)cc1CN(C(=O)c1sc2c(F)ccc(F)c2c1Cl)C1CCCCC1. The fraction of sp³-hybridized carbons (Fsp3) is 0.276. The highest BCUT2D eigenvalue weighted by molar-refractivity contribution is 7.89. The molecule has 5 rings (SSSR count). The average Bonchev–Trinajstić information content (AvgIpc) is 3.31. The summed E-state index contributed by atoms with van der Waals surface area (Å²) in [7, 11) is -2.28. The highest BCUT2D eigenvalue weighted by Crippen LogP contribution is 2.40. The zero-order chi connectivity index (χ0) is 28.6. The van der Waals surface area contributed by atoms with Crippen molar-refractivity contribution in [3.8, 4) is 16.9 Å². The number of carbonyl (C=O) groups excluding carboxylic acids is 1. The lowest BCUT2D eigenvalue weighted by atomic mass is 9.93. The van der Waals surface area contributed by atoms with Gasteiger partial charge in [-0.15, -0.1) is 11.3 Å². The van der Waals surface area contributed by atoms with E-state index < -0.39 is 21.7 Å². The van der Waals surface area contributed by atoms with Gasteiger partial charge in [-0.1, -0.05) is 49.1 Å². The minimum atomic E-state index is -3.82. The number of primary sulfonamides is 1. The van der Waals surface area contributed by atoms with Gasteiger partial charge in [0.25, 0.3) is 5.91 Å². The molecule has 210 valence electrons. The molecule has 0 bridgehead atoms. The molecule has 6 nitrogen and oxygen atoms in total. The number of rotatable bonds is 7. The predicted molar refractivity (Wildman–Crippen MR) is 153 cm³/mol. The highest BCUT2D eigenvalue weighted by atomic mass is 35.5. The van der Waals surface area contributed by atoms with E-state index in [1.54, 1.807) is 30.2 Å². The van der Waals surface area contributed by atoms with Gasteiger partial charge in [-0.25, -0.2) is 22.3 Å². The van der Waals surface area contributed by atoms with Crippen molar-refractivity contribution in [2.45, 2.75) is 49.6 Å². The normalized spacial score (nSPS) is 14.4. The molecule has 0 radical (unpaired) electrons. The fourth-order valence-electron chi connectivity index (χ4n) is 5.23. The van der Waals surface area contributed by atoms with Gasteiger partial charge >= 0.3 is 0 Å². The van der Waals surface area contributed by atoms with Crippen molar-refractivity contribution in [3.05, 3.63) is 81.7 Å². The molecule has 0 atom stereocenters. The lowest BCUT2D eigenvalue weighted by Gasteiger charge is -2.34. The molecule has 1 aliphatic rings. The number of ether oxygens (including phenoxy) is 1. The van der Waals surface area contributed by atoms with Gasteiger partial charge in [0.2, 0.25) is 10.0 Å². The molecule has 0 aliphatic heterocycles. The van der Waals surface area contributed by atoms with Gasteiger partial charge in [0.1, 0.15) is 22.3 Å². The third-order valence-electron chi connectivity index (χ3n) is 7.29. The number of halogens is 3. The minimum absolute atomic E-state index is 0.00661. The van der Waals surface area contributed by atoms with Crippen LogP contribution in [0.4, 0.5) is 8.78 Å². The summed E-state index contributed by atoms with van der Waals surface area (Å²) >= 11 is 7.36. The van der Waals surface area contributed by atoms with Crippen LogP contribution in [0, 0.1) is 11.6 Å². The number of fused-ring (bicyclic) bond motifs is 1. The second kappa shape index (κ2) is 11.4. The van der Waals surface area contributed by atoms with Gasteiger partial charge < -0.3 is 9.64 Å². The molecule has 1 heterocycles. The van der Waals surface area contributed by atoms with Gasteiger partial charge in [-0.05, 0) is 60.4 Å². The lowest BCUT2D eigenvalue weighted by molar-refractivity contribution is 0.0618. The van der Waals surface area contributed by atoms with Crippen molar-refractivity contribution in [1.29, 1.82) is 0 Å². The number of thiophene rings is 1. The van der Waals surface area contributed by atoms with E-state index >= 15 is 0 Å². The molecule has 1 aromatic heterocycles. The van der Waals surface area contributed by atoms with Gasteiger partial charge in [0.05, 0.1) is 27.1 Å². The molecule has 0 unspecified atom stereocenters. The number of nitrogens with two attached hydrogens (primary N) is 1. The van der Waals surface area contributed by atoms with E-state index in [0.717, 1.165) is 72.3 Å². The molecule has 1 fully saturated rings. The van der Waals surface area contributed by atoms with Crippen LogP contribution in [0.1, 0.15) is 47.3 Å². The van der Waals surface area contributed by atoms with Crippen LogP contribution in [-0.4, -0.2) is 32.4 Å². The molecule has 40 heavy (non-hydrogen) atoms. The second-order valence-electron chi connectivity index (χ2n) is 9.80. The zero-order valence-corrected chi connectivity index (χ0v) is 24.0. The van der Waals surface area contributed by atoms with Crippen molar-refractivity contribution in [2.24, 2.45) is 5.14 Å². The number of benzene rings is 3. The van der Waals surface area contributed by atoms with E-state index in [1.807, 2.05) is 12.1 Å². The first kappa shape index (κ1) is 28.5. The first-order valence-corrected chi connectivity index (χ1v) is 15.5. The summed E-state index contributed by atoms with van der Waals surface area (Å²) in [6, 6.07) is 13.7. The van der Waals surface area contributed by atoms with E-state index in [2.05, 4.69) is 0 Å². The van der Waals surface area contributed by atoms with E-state index in [4.69, 9.17) is 21.5 Å². The van der Waals surface area contributed by atoms with E-state index in [9.17, 15) is 22.0 Å². The maximum atomic E-state index is 14.6. The van der Waals surface area contributed by atoms with Crippen LogP contribution in [0.3, 0.4) is 0 Å². The molecule has 0 saturated heterocycles. The Morgan fingerprint density at radius 2 is 1.68 bits per heavy atom. The Bertz CT molecular complexity index is 1680. The van der Waals surface area contributed by atoms with E-state index in [1.165, 1.54) is 12.1 Å². The van der Waals surface area contributed by atoms with Crippen LogP contribution in [-0.2, 0) is 16.6 Å². The molecular weight excluding hydrogens is 578 g/mol. The van der Waals surface area contributed by atoms with Crippen molar-refractivity contribution >= 4 is 49.0 Å². The van der Waals surface area contributed by atoms with Crippen LogP contribution in [0.2, 0.25) is 5.02 Å². The molecular formula is C29H27ClF2N2O4S2. The summed E-state index contributed by atoms with van der Waals surface area (Å²) in [5.41, 5.74) is 2.27. The molecule has 1 saturated carbocycles. The van der Waals surface area contributed by atoms with Crippen LogP contribution in [0.25, 0.3) is 21.2 Å². The molecule has 1 amide bonds. The van der Waals surface area contributed by atoms with Gasteiger partial charge in [-0.3, -0.25) is 4.79 Å². The lowest BCUT2D eigenvalue weighted by Crippen LogP contribution is -2.40. The molecule has 1 aliphatic carbocycles. The first-order valence-electron chi connectivity index (χ1n) is 12.8. The van der Waals surface area contributed by atoms with Crippen LogP contribution in [0.15, 0.2) is 59.5 Å². The standard InChI is InChI=1S/C29H27ClF2N2O4S2/c1-38-24-14-9-18(17-7-10-21(11-8-17)40(33,36)37)15-19(24)16-34(20-5-3-2-4-6-20)29(35)28-26(30)25-22(31)12-13-23(32)27(25)39-28/h7-15,20H,2-6,16H2,1H3,(H2,33,36,37). The van der Waals surface area contributed by atoms with E-state index in [0.29, 0.717) is 5.75 Å². The van der Waals surface area contributed by atoms with Crippen LogP contribution < -0.4 is 9.88 Å². The smallest absolute Gasteiger partial charge is 0.266 e. The molecule has 0 spiro atoms. The second-order valence-corrected chi connectivity index (χ2v) is 12.8. The number of methoxy groups -OCH3 is 1. The topological polar surface area (TPSA) is 89.7 Å². The number of nitrogens with zero attached hydrogens (tertiary/aromatic N) is 1. The number of hydrogen-bond acceptors (Lipinski definition) is 5. The van der Waals surface area contributed by atoms with Crippen LogP contribution in [0.5, 0.6) is 5.75 Å². The van der Waals surface area contributed by atoms with Crippen molar-refractivity contribution in [3.63, 3.8) is 0 Å². The third-order valence-corrected chi connectivity index (χ3v) is 9.89. The summed E-state index contributed by atoms with van der Waals surface area (Å²) in [6.07, 6.45) is 4.60. The number of sulfonamides is 1. The minimum Gasteiger partial charge on any atom is -0.496 e. The summed E-state index contributed by atoms with van der Waals surface area (Å²) in [4.78, 5) is 15.9. The van der Waals surface area contributed by atoms with Crippen molar-refractivity contribution < 1.29 is 26.7 Å². The average molecular weight is 605 g/mol. The van der Waals surface area contributed by atoms with E-state index in [-0.39, 0.29) is 43.4 Å². The van der Waals surface area contributed by atoms with Crippen molar-refractivity contribution in [1.82, 2.24) is 4.90 Å². The van der Waals surface area contributed by atoms with Crippen molar-refractivity contribution in [2.75, 3.05) is 7.11 Å². The molecule has 3 aromatic carbocycles. The Morgan fingerprint density at radius 3 is 2.30 bits per heavy atom. The monoisotopic (exact) mass is 604 g/mol.